The number of carbonyl (C=O) groups is 1. The molecule has 2 aliphatic rings. The fourth-order valence-corrected chi connectivity index (χ4v) is 2.76. The summed E-state index contributed by atoms with van der Waals surface area (Å²) in [5.41, 5.74) is -0.104. The quantitative estimate of drug-likeness (QED) is 0.725. The highest BCUT2D eigenvalue weighted by Crippen LogP contribution is 2.47. The standard InChI is InChI=1S/C13H22FNO/c1-9(2)11-8-15(7-10(11)6-14)12(16)13(3)4-5-13/h9-11H,4-8H2,1-3H3/t10-,11-/m0/s1. The van der Waals surface area contributed by atoms with E-state index in [0.717, 1.165) is 19.4 Å². The predicted octanol–water partition coefficient (Wildman–Crippen LogP) is 2.49. The van der Waals surface area contributed by atoms with E-state index in [0.29, 0.717) is 18.4 Å². The minimum atomic E-state index is -0.288. The van der Waals surface area contributed by atoms with E-state index < -0.39 is 0 Å². The summed E-state index contributed by atoms with van der Waals surface area (Å²) in [4.78, 5) is 14.1. The lowest BCUT2D eigenvalue weighted by Gasteiger charge is -2.21. The Morgan fingerprint density at radius 3 is 2.44 bits per heavy atom. The molecule has 16 heavy (non-hydrogen) atoms. The second-order valence-electron chi connectivity index (χ2n) is 6.09. The van der Waals surface area contributed by atoms with Gasteiger partial charge in [-0.05, 0) is 24.7 Å². The first-order valence-electron chi connectivity index (χ1n) is 6.33. The highest BCUT2D eigenvalue weighted by atomic mass is 19.1. The number of amides is 1. The molecule has 2 nitrogen and oxygen atoms in total. The number of hydrogen-bond acceptors (Lipinski definition) is 1. The fourth-order valence-electron chi connectivity index (χ4n) is 2.76. The van der Waals surface area contributed by atoms with Crippen molar-refractivity contribution in [2.45, 2.75) is 33.6 Å². The smallest absolute Gasteiger partial charge is 0.228 e. The fraction of sp³-hybridized carbons (Fsp3) is 0.923. The van der Waals surface area contributed by atoms with Gasteiger partial charge in [0.25, 0.3) is 0 Å². The van der Waals surface area contributed by atoms with Gasteiger partial charge < -0.3 is 4.90 Å². The minimum Gasteiger partial charge on any atom is -0.342 e. The van der Waals surface area contributed by atoms with Crippen LogP contribution in [0.1, 0.15) is 33.6 Å². The van der Waals surface area contributed by atoms with Crippen LogP contribution in [-0.4, -0.2) is 30.6 Å². The van der Waals surface area contributed by atoms with Crippen LogP contribution < -0.4 is 0 Å². The molecule has 0 radical (unpaired) electrons. The van der Waals surface area contributed by atoms with Crippen molar-refractivity contribution in [3.05, 3.63) is 0 Å². The van der Waals surface area contributed by atoms with Gasteiger partial charge in [-0.2, -0.15) is 0 Å². The zero-order chi connectivity index (χ0) is 11.9. The third kappa shape index (κ3) is 1.96. The highest BCUT2D eigenvalue weighted by Gasteiger charge is 2.49. The second-order valence-corrected chi connectivity index (χ2v) is 6.09. The van der Waals surface area contributed by atoms with Crippen LogP contribution in [0.4, 0.5) is 4.39 Å². The Bertz CT molecular complexity index is 286. The van der Waals surface area contributed by atoms with Gasteiger partial charge in [0.1, 0.15) is 0 Å². The van der Waals surface area contributed by atoms with Gasteiger partial charge >= 0.3 is 0 Å². The molecule has 1 amide bonds. The van der Waals surface area contributed by atoms with E-state index in [9.17, 15) is 9.18 Å². The lowest BCUT2D eigenvalue weighted by Crippen LogP contribution is -2.34. The molecule has 0 aromatic heterocycles. The van der Waals surface area contributed by atoms with Gasteiger partial charge in [-0.15, -0.1) is 0 Å². The van der Waals surface area contributed by atoms with Gasteiger partial charge in [-0.1, -0.05) is 20.8 Å². The van der Waals surface area contributed by atoms with Crippen molar-refractivity contribution in [2.24, 2.45) is 23.2 Å². The van der Waals surface area contributed by atoms with E-state index in [1.54, 1.807) is 0 Å². The Labute approximate surface area is 97.2 Å². The number of alkyl halides is 1. The molecule has 2 atom stereocenters. The average molecular weight is 227 g/mol. The van der Waals surface area contributed by atoms with Gasteiger partial charge in [0.2, 0.25) is 5.91 Å². The van der Waals surface area contributed by atoms with Crippen molar-refractivity contribution in [3.63, 3.8) is 0 Å². The van der Waals surface area contributed by atoms with E-state index in [1.807, 2.05) is 11.8 Å². The van der Waals surface area contributed by atoms with Crippen molar-refractivity contribution in [1.82, 2.24) is 4.90 Å². The van der Waals surface area contributed by atoms with Gasteiger partial charge in [0, 0.05) is 24.4 Å². The van der Waals surface area contributed by atoms with Gasteiger partial charge in [0.05, 0.1) is 6.67 Å². The Morgan fingerprint density at radius 2 is 2.06 bits per heavy atom. The zero-order valence-corrected chi connectivity index (χ0v) is 10.5. The van der Waals surface area contributed by atoms with E-state index in [2.05, 4.69) is 13.8 Å². The number of hydrogen-bond donors (Lipinski definition) is 0. The lowest BCUT2D eigenvalue weighted by molar-refractivity contribution is -0.135. The third-order valence-electron chi connectivity index (χ3n) is 4.35. The molecule has 1 aliphatic heterocycles. The van der Waals surface area contributed by atoms with Gasteiger partial charge in [-0.25, -0.2) is 0 Å². The molecule has 1 heterocycles. The lowest BCUT2D eigenvalue weighted by atomic mass is 9.87. The van der Waals surface area contributed by atoms with Gasteiger partial charge in [0.15, 0.2) is 0 Å². The van der Waals surface area contributed by atoms with Crippen molar-refractivity contribution >= 4 is 5.91 Å². The zero-order valence-electron chi connectivity index (χ0n) is 10.5. The van der Waals surface area contributed by atoms with Crippen molar-refractivity contribution in [1.29, 1.82) is 0 Å². The van der Waals surface area contributed by atoms with Crippen LogP contribution in [0.3, 0.4) is 0 Å². The number of likely N-dealkylation sites (tertiary alicyclic amines) is 1. The summed E-state index contributed by atoms with van der Waals surface area (Å²) in [6, 6.07) is 0. The third-order valence-corrected chi connectivity index (χ3v) is 4.35. The first-order valence-corrected chi connectivity index (χ1v) is 6.33. The van der Waals surface area contributed by atoms with E-state index >= 15 is 0 Å². The summed E-state index contributed by atoms with van der Waals surface area (Å²) >= 11 is 0. The first kappa shape index (κ1) is 11.9. The van der Waals surface area contributed by atoms with Crippen LogP contribution in [0.2, 0.25) is 0 Å². The van der Waals surface area contributed by atoms with Crippen molar-refractivity contribution in [3.8, 4) is 0 Å². The summed E-state index contributed by atoms with van der Waals surface area (Å²) in [5, 5.41) is 0. The van der Waals surface area contributed by atoms with Crippen LogP contribution >= 0.6 is 0 Å². The molecule has 2 fully saturated rings. The molecule has 0 spiro atoms. The summed E-state index contributed by atoms with van der Waals surface area (Å²) in [6.45, 7) is 7.39. The van der Waals surface area contributed by atoms with Crippen molar-refractivity contribution < 1.29 is 9.18 Å². The summed E-state index contributed by atoms with van der Waals surface area (Å²) < 4.78 is 12.9. The normalized spacial score (nSPS) is 32.2. The summed E-state index contributed by atoms with van der Waals surface area (Å²) in [5.74, 6) is 1.13. The molecule has 0 aromatic carbocycles. The molecule has 0 N–H and O–H groups in total. The summed E-state index contributed by atoms with van der Waals surface area (Å²) in [6.07, 6.45) is 2.02. The molecular weight excluding hydrogens is 205 g/mol. The maximum atomic E-state index is 12.9. The summed E-state index contributed by atoms with van der Waals surface area (Å²) in [7, 11) is 0. The number of carbonyl (C=O) groups excluding carboxylic acids is 1. The molecule has 1 saturated carbocycles. The Balaban J connectivity index is 2.02. The molecule has 0 aromatic rings. The second kappa shape index (κ2) is 4.01. The van der Waals surface area contributed by atoms with Crippen LogP contribution in [0.15, 0.2) is 0 Å². The van der Waals surface area contributed by atoms with Crippen molar-refractivity contribution in [2.75, 3.05) is 19.8 Å². The Morgan fingerprint density at radius 1 is 1.44 bits per heavy atom. The molecule has 1 aliphatic carbocycles. The molecule has 0 bridgehead atoms. The maximum absolute atomic E-state index is 12.9. The molecule has 3 heteroatoms. The SMILES string of the molecule is CC(C)[C@@H]1CN(C(=O)C2(C)CC2)C[C@@H]1CF. The molecule has 1 saturated heterocycles. The Kier molecular flexibility index (Phi) is 2.97. The number of rotatable bonds is 3. The predicted molar refractivity (Wildman–Crippen MR) is 61.7 cm³/mol. The topological polar surface area (TPSA) is 20.3 Å². The van der Waals surface area contributed by atoms with Gasteiger partial charge in [-0.3, -0.25) is 9.18 Å². The largest absolute Gasteiger partial charge is 0.342 e. The molecule has 92 valence electrons. The number of nitrogens with zero attached hydrogens (tertiary/aromatic N) is 1. The Hall–Kier alpha value is -0.600. The van der Waals surface area contributed by atoms with Crippen LogP contribution in [0.25, 0.3) is 0 Å². The monoisotopic (exact) mass is 227 g/mol. The first-order chi connectivity index (χ1) is 7.48. The number of halogens is 1. The van der Waals surface area contributed by atoms with E-state index in [-0.39, 0.29) is 23.9 Å². The molecule has 2 rings (SSSR count). The molecular formula is C13H22FNO. The maximum Gasteiger partial charge on any atom is 0.228 e. The minimum absolute atomic E-state index is 0.0614. The van der Waals surface area contributed by atoms with E-state index in [1.165, 1.54) is 0 Å². The highest BCUT2D eigenvalue weighted by molar-refractivity contribution is 5.85. The molecule has 0 unspecified atom stereocenters. The van der Waals surface area contributed by atoms with E-state index in [4.69, 9.17) is 0 Å². The van der Waals surface area contributed by atoms with Crippen LogP contribution in [-0.2, 0) is 4.79 Å². The van der Waals surface area contributed by atoms with Crippen LogP contribution in [0.5, 0.6) is 0 Å². The average Bonchev–Trinajstić information content (AvgIpc) is 2.84. The van der Waals surface area contributed by atoms with Crippen LogP contribution in [0, 0.1) is 23.2 Å².